The van der Waals surface area contributed by atoms with Gasteiger partial charge in [-0.2, -0.15) is 0 Å². The standard InChI is InChI=1S/C55H31NO2S/c57-55-46-29-36(19-23-50(46)58-51-24-20-37(30-47(51)55)38-21-25-53-45(28-38)42-13-2-4-17-52(42)59-53)34-10-5-8-32(26-34)33-9-6-11-35(27-33)39-18-22-41-44-15-7-14-43-40-12-1-3-16-48(40)56(54(43)44)49(41)31-39/h1-31H. The van der Waals surface area contributed by atoms with Crippen molar-refractivity contribution in [3.05, 3.63) is 198 Å². The van der Waals surface area contributed by atoms with Gasteiger partial charge in [-0.15, -0.1) is 11.3 Å². The van der Waals surface area contributed by atoms with E-state index < -0.39 is 0 Å². The minimum Gasteiger partial charge on any atom is -0.456 e. The Bertz CT molecular complexity index is 3940. The molecule has 0 saturated heterocycles. The molecular weight excluding hydrogens is 739 g/mol. The monoisotopic (exact) mass is 769 g/mol. The predicted octanol–water partition coefficient (Wildman–Crippen LogP) is 15.1. The van der Waals surface area contributed by atoms with Crippen LogP contribution in [0.3, 0.4) is 0 Å². The largest absolute Gasteiger partial charge is 0.456 e. The van der Waals surface area contributed by atoms with Crippen molar-refractivity contribution >= 4 is 91.5 Å². The Kier molecular flexibility index (Phi) is 6.75. The number of thiophene rings is 1. The van der Waals surface area contributed by atoms with Gasteiger partial charge in [0.2, 0.25) is 5.43 Å². The molecule has 9 aromatic carbocycles. The van der Waals surface area contributed by atoms with E-state index in [-0.39, 0.29) is 5.43 Å². The molecule has 59 heavy (non-hydrogen) atoms. The Morgan fingerprint density at radius 1 is 0.339 bits per heavy atom. The van der Waals surface area contributed by atoms with Crippen LogP contribution in [0.2, 0.25) is 0 Å². The number of benzene rings is 9. The van der Waals surface area contributed by atoms with Crippen molar-refractivity contribution in [1.82, 2.24) is 4.40 Å². The molecular formula is C55H31NO2S. The molecule has 0 atom stereocenters. The average molecular weight is 770 g/mol. The first kappa shape index (κ1) is 32.5. The number of fused-ring (bicyclic) bond motifs is 11. The second kappa shape index (κ2) is 12.2. The zero-order chi connectivity index (χ0) is 38.8. The summed E-state index contributed by atoms with van der Waals surface area (Å²) in [5, 5.41) is 8.79. The van der Waals surface area contributed by atoms with E-state index in [1.165, 1.54) is 63.8 Å². The quantitative estimate of drug-likeness (QED) is 0.167. The van der Waals surface area contributed by atoms with Gasteiger partial charge in [0.15, 0.2) is 0 Å². The van der Waals surface area contributed by atoms with Gasteiger partial charge < -0.3 is 8.82 Å². The van der Waals surface area contributed by atoms with Gasteiger partial charge in [-0.3, -0.25) is 4.79 Å². The first-order valence-electron chi connectivity index (χ1n) is 19.9. The molecule has 0 bridgehead atoms. The van der Waals surface area contributed by atoms with Gasteiger partial charge in [-0.25, -0.2) is 0 Å². The fourth-order valence-electron chi connectivity index (χ4n) is 9.49. The lowest BCUT2D eigenvalue weighted by atomic mass is 9.95. The van der Waals surface area contributed by atoms with Crippen molar-refractivity contribution in [3.63, 3.8) is 0 Å². The van der Waals surface area contributed by atoms with Gasteiger partial charge in [0, 0.05) is 41.7 Å². The van der Waals surface area contributed by atoms with Crippen molar-refractivity contribution in [2.24, 2.45) is 0 Å². The molecule has 0 radical (unpaired) electrons. The Morgan fingerprint density at radius 3 is 1.49 bits per heavy atom. The van der Waals surface area contributed by atoms with Crippen LogP contribution in [0.25, 0.3) is 125 Å². The Balaban J connectivity index is 0.870. The molecule has 0 unspecified atom stereocenters. The minimum absolute atomic E-state index is 0.0260. The van der Waals surface area contributed by atoms with E-state index in [9.17, 15) is 4.79 Å². The topological polar surface area (TPSA) is 34.6 Å². The van der Waals surface area contributed by atoms with Crippen LogP contribution < -0.4 is 5.43 Å². The van der Waals surface area contributed by atoms with Crippen molar-refractivity contribution in [1.29, 1.82) is 0 Å². The summed E-state index contributed by atoms with van der Waals surface area (Å²) >= 11 is 1.81. The second-order valence-corrected chi connectivity index (χ2v) is 16.7. The second-order valence-electron chi connectivity index (χ2n) is 15.6. The van der Waals surface area contributed by atoms with Gasteiger partial charge in [0.1, 0.15) is 11.2 Å². The third-order valence-electron chi connectivity index (χ3n) is 12.3. The normalized spacial score (nSPS) is 12.1. The molecule has 13 aromatic rings. The van der Waals surface area contributed by atoms with Crippen molar-refractivity contribution in [2.75, 3.05) is 0 Å². The lowest BCUT2D eigenvalue weighted by Gasteiger charge is -2.10. The van der Waals surface area contributed by atoms with Crippen molar-refractivity contribution in [3.8, 4) is 44.5 Å². The molecule has 274 valence electrons. The van der Waals surface area contributed by atoms with E-state index in [2.05, 4.69) is 156 Å². The average Bonchev–Trinajstić information content (AvgIpc) is 3.96. The molecule has 0 N–H and O–H groups in total. The highest BCUT2D eigenvalue weighted by molar-refractivity contribution is 7.25. The molecule has 3 nitrogen and oxygen atoms in total. The molecule has 4 aromatic heterocycles. The van der Waals surface area contributed by atoms with E-state index in [1.54, 1.807) is 11.3 Å². The summed E-state index contributed by atoms with van der Waals surface area (Å²) in [6.07, 6.45) is 0. The highest BCUT2D eigenvalue weighted by Gasteiger charge is 2.18. The third-order valence-corrected chi connectivity index (χ3v) is 13.5. The first-order valence-corrected chi connectivity index (χ1v) is 20.8. The predicted molar refractivity (Wildman–Crippen MR) is 249 cm³/mol. The maximum absolute atomic E-state index is 14.2. The Morgan fingerprint density at radius 2 is 0.814 bits per heavy atom. The summed E-state index contributed by atoms with van der Waals surface area (Å²) in [6, 6.07) is 66.6. The fraction of sp³-hybridized carbons (Fsp3) is 0. The smallest absolute Gasteiger partial charge is 0.200 e. The summed E-state index contributed by atoms with van der Waals surface area (Å²) in [4.78, 5) is 14.2. The summed E-state index contributed by atoms with van der Waals surface area (Å²) in [6.45, 7) is 0. The molecule has 13 rings (SSSR count). The third kappa shape index (κ3) is 4.84. The highest BCUT2D eigenvalue weighted by atomic mass is 32.1. The van der Waals surface area contributed by atoms with E-state index in [0.717, 1.165) is 38.9 Å². The number of aromatic nitrogens is 1. The van der Waals surface area contributed by atoms with Crippen molar-refractivity contribution < 1.29 is 4.42 Å². The van der Waals surface area contributed by atoms with Crippen LogP contribution in [0.5, 0.6) is 0 Å². The van der Waals surface area contributed by atoms with E-state index in [4.69, 9.17) is 4.42 Å². The van der Waals surface area contributed by atoms with Gasteiger partial charge in [0.05, 0.1) is 27.3 Å². The Hall–Kier alpha value is -7.53. The highest BCUT2D eigenvalue weighted by Crippen LogP contribution is 2.41. The minimum atomic E-state index is -0.0260. The summed E-state index contributed by atoms with van der Waals surface area (Å²) in [7, 11) is 0. The van der Waals surface area contributed by atoms with E-state index >= 15 is 0 Å². The molecule has 0 saturated carbocycles. The molecule has 0 spiro atoms. The maximum atomic E-state index is 14.2. The van der Waals surface area contributed by atoms with E-state index in [0.29, 0.717) is 21.9 Å². The number of nitrogens with zero attached hydrogens (tertiary/aromatic N) is 1. The van der Waals surface area contributed by atoms with Crippen LogP contribution >= 0.6 is 11.3 Å². The van der Waals surface area contributed by atoms with Crippen LogP contribution in [-0.4, -0.2) is 4.40 Å². The van der Waals surface area contributed by atoms with Gasteiger partial charge in [-0.05, 0) is 111 Å². The SMILES string of the molecule is O=c1c2cc(-c3cccc(-c4cccc(-c5ccc6c7cccc8c9ccccc9n(c6c5)c87)c4)c3)ccc2oc2ccc(-c3ccc4sc5ccccc5c4c3)cc12. The lowest BCUT2D eigenvalue weighted by molar-refractivity contribution is 0.660. The van der Waals surface area contributed by atoms with Crippen LogP contribution in [-0.2, 0) is 0 Å². The number of rotatable bonds is 4. The zero-order valence-corrected chi connectivity index (χ0v) is 32.4. The first-order chi connectivity index (χ1) is 29.1. The number of hydrogen-bond donors (Lipinski definition) is 0. The molecule has 0 aliphatic rings. The molecule has 0 aliphatic carbocycles. The van der Waals surface area contributed by atoms with Crippen LogP contribution in [0.4, 0.5) is 0 Å². The molecule has 0 amide bonds. The Labute approximate surface area is 341 Å². The van der Waals surface area contributed by atoms with Crippen LogP contribution in [0.15, 0.2) is 197 Å². The molecule has 4 heterocycles. The van der Waals surface area contributed by atoms with Gasteiger partial charge in [0.25, 0.3) is 0 Å². The van der Waals surface area contributed by atoms with Crippen molar-refractivity contribution in [2.45, 2.75) is 0 Å². The fourth-order valence-corrected chi connectivity index (χ4v) is 10.6. The maximum Gasteiger partial charge on any atom is 0.200 e. The zero-order valence-electron chi connectivity index (χ0n) is 31.6. The van der Waals surface area contributed by atoms with E-state index in [1.807, 2.05) is 36.4 Å². The number of para-hydroxylation sites is 2. The van der Waals surface area contributed by atoms with Gasteiger partial charge >= 0.3 is 0 Å². The molecule has 4 heteroatoms. The summed E-state index contributed by atoms with van der Waals surface area (Å²) in [5.74, 6) is 0. The molecule has 0 fully saturated rings. The number of hydrogen-bond acceptors (Lipinski definition) is 3. The summed E-state index contributed by atoms with van der Waals surface area (Å²) < 4.78 is 11.3. The van der Waals surface area contributed by atoms with Crippen LogP contribution in [0, 0.1) is 0 Å². The lowest BCUT2D eigenvalue weighted by Crippen LogP contribution is -2.02. The molecule has 0 aliphatic heterocycles. The van der Waals surface area contributed by atoms with Crippen LogP contribution in [0.1, 0.15) is 0 Å². The van der Waals surface area contributed by atoms with Gasteiger partial charge in [-0.1, -0.05) is 121 Å². The summed E-state index contributed by atoms with van der Waals surface area (Å²) in [5.41, 5.74) is 13.6.